The van der Waals surface area contributed by atoms with Crippen molar-refractivity contribution < 1.29 is 14.3 Å². The van der Waals surface area contributed by atoms with Crippen LogP contribution in [0, 0.1) is 12.8 Å². The van der Waals surface area contributed by atoms with Gasteiger partial charge in [0.05, 0.1) is 19.8 Å². The van der Waals surface area contributed by atoms with E-state index in [-0.39, 0.29) is 6.54 Å². The summed E-state index contributed by atoms with van der Waals surface area (Å²) in [4.78, 5) is 7.11. The molecule has 0 spiro atoms. The molecule has 0 radical (unpaired) electrons. The van der Waals surface area contributed by atoms with Crippen molar-refractivity contribution >= 4 is 5.96 Å². The first-order valence-electron chi connectivity index (χ1n) is 10.4. The second-order valence-electron chi connectivity index (χ2n) is 8.19. The summed E-state index contributed by atoms with van der Waals surface area (Å²) in [6.45, 7) is 15.5. The number of morpholine rings is 1. The van der Waals surface area contributed by atoms with E-state index in [1.807, 2.05) is 26.0 Å². The Bertz CT molecular complexity index is 607. The molecule has 0 saturated carbocycles. The van der Waals surface area contributed by atoms with Gasteiger partial charge < -0.3 is 24.9 Å². The fraction of sp³-hybridized carbons (Fsp3) is 0.762. The number of rotatable bonds is 9. The maximum atomic E-state index is 10.7. The van der Waals surface area contributed by atoms with Gasteiger partial charge in [-0.25, -0.2) is 4.99 Å². The Morgan fingerprint density at radius 2 is 2.00 bits per heavy atom. The standard InChI is InChI=1S/C21H38N4O3/c1-6-22-20(24-15-21(5,26)19-8-7-17(4)28-19)23-14-18(13-16(2)3)25-9-11-27-12-10-25/h7-8,16,18,26H,6,9-15H2,1-5H3,(H2,22,23,24). The topological polar surface area (TPSA) is 82.3 Å². The number of aliphatic imine (C=N–C) groups is 1. The second-order valence-corrected chi connectivity index (χ2v) is 8.19. The van der Waals surface area contributed by atoms with Crippen molar-refractivity contribution in [1.82, 2.24) is 15.5 Å². The second kappa shape index (κ2) is 10.8. The molecule has 2 atom stereocenters. The number of hydrogen-bond donors (Lipinski definition) is 3. The zero-order chi connectivity index (χ0) is 20.6. The number of hydrogen-bond acceptors (Lipinski definition) is 5. The fourth-order valence-electron chi connectivity index (χ4n) is 3.44. The minimum Gasteiger partial charge on any atom is -0.463 e. The summed E-state index contributed by atoms with van der Waals surface area (Å²) in [5.74, 6) is 2.66. The van der Waals surface area contributed by atoms with E-state index in [4.69, 9.17) is 9.15 Å². The summed E-state index contributed by atoms with van der Waals surface area (Å²) in [5, 5.41) is 17.5. The van der Waals surface area contributed by atoms with Gasteiger partial charge in [-0.2, -0.15) is 0 Å². The molecule has 1 aliphatic rings. The number of nitrogens with one attached hydrogen (secondary N) is 2. The monoisotopic (exact) mass is 394 g/mol. The lowest BCUT2D eigenvalue weighted by atomic mass is 10.0. The molecule has 2 heterocycles. The van der Waals surface area contributed by atoms with Crippen LogP contribution in [0.25, 0.3) is 0 Å². The quantitative estimate of drug-likeness (QED) is 0.440. The predicted molar refractivity (Wildman–Crippen MR) is 113 cm³/mol. The molecule has 1 aromatic heterocycles. The summed E-state index contributed by atoms with van der Waals surface area (Å²) < 4.78 is 11.1. The lowest BCUT2D eigenvalue weighted by Gasteiger charge is -2.35. The van der Waals surface area contributed by atoms with Crippen LogP contribution in [0.5, 0.6) is 0 Å². The highest BCUT2D eigenvalue weighted by atomic mass is 16.5. The molecule has 0 aromatic carbocycles. The number of aliphatic hydroxyl groups is 1. The highest BCUT2D eigenvalue weighted by Crippen LogP contribution is 2.23. The number of guanidine groups is 1. The van der Waals surface area contributed by atoms with Crippen molar-refractivity contribution in [2.24, 2.45) is 10.9 Å². The first-order valence-corrected chi connectivity index (χ1v) is 10.4. The predicted octanol–water partition coefficient (Wildman–Crippen LogP) is 2.10. The van der Waals surface area contributed by atoms with Gasteiger partial charge in [-0.3, -0.25) is 4.90 Å². The lowest BCUT2D eigenvalue weighted by Crippen LogP contribution is -2.51. The third kappa shape index (κ3) is 7.11. The van der Waals surface area contributed by atoms with Crippen LogP contribution >= 0.6 is 0 Å². The van der Waals surface area contributed by atoms with E-state index >= 15 is 0 Å². The Morgan fingerprint density at radius 1 is 1.29 bits per heavy atom. The van der Waals surface area contributed by atoms with Crippen LogP contribution in [0.3, 0.4) is 0 Å². The maximum Gasteiger partial charge on any atom is 0.191 e. The average molecular weight is 395 g/mol. The highest BCUT2D eigenvalue weighted by molar-refractivity contribution is 5.79. The number of nitrogens with zero attached hydrogens (tertiary/aromatic N) is 2. The molecule has 7 heteroatoms. The van der Waals surface area contributed by atoms with Crippen LogP contribution in [0.2, 0.25) is 0 Å². The zero-order valence-electron chi connectivity index (χ0n) is 18.1. The Balaban J connectivity index is 1.99. The van der Waals surface area contributed by atoms with Crippen molar-refractivity contribution in [3.8, 4) is 0 Å². The van der Waals surface area contributed by atoms with E-state index in [0.717, 1.165) is 51.6 Å². The first kappa shape index (κ1) is 22.7. The van der Waals surface area contributed by atoms with Gasteiger partial charge >= 0.3 is 0 Å². The van der Waals surface area contributed by atoms with Crippen molar-refractivity contribution in [3.05, 3.63) is 23.7 Å². The summed E-state index contributed by atoms with van der Waals surface area (Å²) in [6.07, 6.45) is 1.12. The molecule has 0 aliphatic carbocycles. The van der Waals surface area contributed by atoms with Crippen LogP contribution in [0.1, 0.15) is 45.6 Å². The van der Waals surface area contributed by atoms with E-state index < -0.39 is 5.60 Å². The molecule has 1 saturated heterocycles. The van der Waals surface area contributed by atoms with Gasteiger partial charge in [-0.05, 0) is 45.2 Å². The van der Waals surface area contributed by atoms with Crippen molar-refractivity contribution in [1.29, 1.82) is 0 Å². The molecule has 1 aromatic rings. The summed E-state index contributed by atoms with van der Waals surface area (Å²) in [5.41, 5.74) is -1.14. The highest BCUT2D eigenvalue weighted by Gasteiger charge is 2.27. The zero-order valence-corrected chi connectivity index (χ0v) is 18.1. The van der Waals surface area contributed by atoms with Gasteiger partial charge in [0, 0.05) is 32.2 Å². The van der Waals surface area contributed by atoms with E-state index in [9.17, 15) is 5.11 Å². The molecule has 2 rings (SSSR count). The van der Waals surface area contributed by atoms with Crippen LogP contribution in [-0.4, -0.2) is 67.9 Å². The smallest absolute Gasteiger partial charge is 0.191 e. The molecule has 1 aliphatic heterocycles. The minimum absolute atomic E-state index is 0.224. The van der Waals surface area contributed by atoms with Gasteiger partial charge in [-0.15, -0.1) is 0 Å². The van der Waals surface area contributed by atoms with Crippen LogP contribution in [0.15, 0.2) is 21.5 Å². The molecule has 0 bridgehead atoms. The van der Waals surface area contributed by atoms with Crippen molar-refractivity contribution in [3.63, 3.8) is 0 Å². The summed E-state index contributed by atoms with van der Waals surface area (Å²) in [7, 11) is 0. The Hall–Kier alpha value is -1.57. The molecule has 0 amide bonds. The third-order valence-corrected chi connectivity index (χ3v) is 4.97. The number of aryl methyl sites for hydroxylation is 1. The van der Waals surface area contributed by atoms with Crippen LogP contribution in [0.4, 0.5) is 0 Å². The largest absolute Gasteiger partial charge is 0.463 e. The Labute approximate surface area is 169 Å². The van der Waals surface area contributed by atoms with Gasteiger partial charge in [0.1, 0.15) is 17.1 Å². The van der Waals surface area contributed by atoms with Gasteiger partial charge in [0.15, 0.2) is 5.96 Å². The molecule has 7 nitrogen and oxygen atoms in total. The Kier molecular flexibility index (Phi) is 8.79. The van der Waals surface area contributed by atoms with Gasteiger partial charge in [0.2, 0.25) is 0 Å². The maximum absolute atomic E-state index is 10.7. The van der Waals surface area contributed by atoms with E-state index in [1.54, 1.807) is 6.92 Å². The average Bonchev–Trinajstić information content (AvgIpc) is 3.10. The Morgan fingerprint density at radius 3 is 2.57 bits per heavy atom. The lowest BCUT2D eigenvalue weighted by molar-refractivity contribution is 0.0132. The molecule has 28 heavy (non-hydrogen) atoms. The van der Waals surface area contributed by atoms with E-state index in [1.165, 1.54) is 0 Å². The van der Waals surface area contributed by atoms with Crippen LogP contribution in [-0.2, 0) is 10.3 Å². The molecule has 160 valence electrons. The minimum atomic E-state index is -1.14. The molecular formula is C21H38N4O3. The number of ether oxygens (including phenoxy) is 1. The van der Waals surface area contributed by atoms with E-state index in [0.29, 0.717) is 23.7 Å². The molecule has 1 fully saturated rings. The van der Waals surface area contributed by atoms with Gasteiger partial charge in [-0.1, -0.05) is 13.8 Å². The van der Waals surface area contributed by atoms with Crippen LogP contribution < -0.4 is 10.6 Å². The third-order valence-electron chi connectivity index (χ3n) is 4.97. The van der Waals surface area contributed by atoms with E-state index in [2.05, 4.69) is 34.4 Å². The van der Waals surface area contributed by atoms with Crippen molar-refractivity contribution in [2.45, 2.75) is 52.7 Å². The molecule has 3 N–H and O–H groups in total. The number of furan rings is 1. The molecular weight excluding hydrogens is 356 g/mol. The molecule has 2 unspecified atom stereocenters. The first-order chi connectivity index (χ1) is 13.3. The van der Waals surface area contributed by atoms with Gasteiger partial charge in [0.25, 0.3) is 0 Å². The summed E-state index contributed by atoms with van der Waals surface area (Å²) in [6, 6.07) is 4.10. The fourth-order valence-corrected chi connectivity index (χ4v) is 3.44. The summed E-state index contributed by atoms with van der Waals surface area (Å²) >= 11 is 0. The SMILES string of the molecule is CCNC(=NCC(C)(O)c1ccc(C)o1)NCC(CC(C)C)N1CCOCC1. The van der Waals surface area contributed by atoms with Crippen molar-refractivity contribution in [2.75, 3.05) is 45.9 Å². The normalized spacial score (nSPS) is 19.5.